The molecule has 0 saturated heterocycles. The Hall–Kier alpha value is -1.51. The number of sulfonamides is 1. The van der Waals surface area contributed by atoms with Gasteiger partial charge in [-0.2, -0.15) is 0 Å². The minimum Gasteiger partial charge on any atom is -0.393 e. The van der Waals surface area contributed by atoms with Crippen molar-refractivity contribution in [3.63, 3.8) is 0 Å². The molecule has 0 heterocycles. The summed E-state index contributed by atoms with van der Waals surface area (Å²) in [7, 11) is -3.86. The number of aliphatic hydroxyl groups excluding tert-OH is 1. The van der Waals surface area contributed by atoms with Gasteiger partial charge in [0.25, 0.3) is 5.69 Å². The highest BCUT2D eigenvalue weighted by Gasteiger charge is 2.24. The van der Waals surface area contributed by atoms with Crippen molar-refractivity contribution in [2.45, 2.75) is 44.2 Å². The minimum absolute atomic E-state index is 0.0919. The Kier molecular flexibility index (Phi) is 5.21. The smallest absolute Gasteiger partial charge is 0.273 e. The number of hydrogen-bond donors (Lipinski definition) is 2. The molecule has 0 aliphatic carbocycles. The number of benzene rings is 1. The highest BCUT2D eigenvalue weighted by molar-refractivity contribution is 7.89. The third-order valence-corrected chi connectivity index (χ3v) is 4.53. The SMILES string of the molecule is Cc1c([N+](=O)[O-])cccc1S(=O)(=O)NC(C)CC(C)O. The van der Waals surface area contributed by atoms with E-state index in [9.17, 15) is 23.6 Å². The van der Waals surface area contributed by atoms with E-state index >= 15 is 0 Å². The van der Waals surface area contributed by atoms with Gasteiger partial charge in [0.2, 0.25) is 10.0 Å². The summed E-state index contributed by atoms with van der Waals surface area (Å²) in [5.74, 6) is 0. The molecule has 1 aromatic rings. The van der Waals surface area contributed by atoms with Gasteiger partial charge in [-0.25, -0.2) is 13.1 Å². The van der Waals surface area contributed by atoms with Crippen LogP contribution in [0.5, 0.6) is 0 Å². The van der Waals surface area contributed by atoms with Crippen LogP contribution in [-0.4, -0.2) is 30.6 Å². The van der Waals surface area contributed by atoms with Gasteiger partial charge in [0.15, 0.2) is 0 Å². The van der Waals surface area contributed by atoms with Crippen molar-refractivity contribution >= 4 is 15.7 Å². The maximum absolute atomic E-state index is 12.2. The first-order valence-electron chi connectivity index (χ1n) is 6.09. The molecule has 2 N–H and O–H groups in total. The normalized spacial score (nSPS) is 14.8. The lowest BCUT2D eigenvalue weighted by molar-refractivity contribution is -0.385. The van der Waals surface area contributed by atoms with Crippen LogP contribution in [0.3, 0.4) is 0 Å². The van der Waals surface area contributed by atoms with Crippen molar-refractivity contribution in [2.75, 3.05) is 0 Å². The fourth-order valence-electron chi connectivity index (χ4n) is 1.98. The molecule has 0 saturated carbocycles. The molecular weight excluding hydrogens is 284 g/mol. The second-order valence-corrected chi connectivity index (χ2v) is 6.45. The average molecular weight is 302 g/mol. The van der Waals surface area contributed by atoms with Gasteiger partial charge in [-0.15, -0.1) is 0 Å². The molecule has 20 heavy (non-hydrogen) atoms. The number of nitro benzene ring substituents is 1. The van der Waals surface area contributed by atoms with Gasteiger partial charge < -0.3 is 5.11 Å². The van der Waals surface area contributed by atoms with E-state index in [2.05, 4.69) is 4.72 Å². The Labute approximate surface area is 117 Å². The van der Waals surface area contributed by atoms with E-state index in [0.29, 0.717) is 0 Å². The van der Waals surface area contributed by atoms with Crippen LogP contribution in [0.15, 0.2) is 23.1 Å². The van der Waals surface area contributed by atoms with Gasteiger partial charge >= 0.3 is 0 Å². The fraction of sp³-hybridized carbons (Fsp3) is 0.500. The predicted octanol–water partition coefficient (Wildman–Crippen LogP) is 1.34. The van der Waals surface area contributed by atoms with Crippen LogP contribution in [0.25, 0.3) is 0 Å². The van der Waals surface area contributed by atoms with Gasteiger partial charge in [0.05, 0.1) is 15.9 Å². The molecule has 7 nitrogen and oxygen atoms in total. The molecule has 0 spiro atoms. The number of nitro groups is 1. The second-order valence-electron chi connectivity index (χ2n) is 4.76. The lowest BCUT2D eigenvalue weighted by Crippen LogP contribution is -2.35. The highest BCUT2D eigenvalue weighted by Crippen LogP contribution is 2.24. The molecule has 0 amide bonds. The molecule has 2 atom stereocenters. The van der Waals surface area contributed by atoms with Crippen LogP contribution in [0.4, 0.5) is 5.69 Å². The summed E-state index contributed by atoms with van der Waals surface area (Å²) in [5.41, 5.74) is -0.148. The summed E-state index contributed by atoms with van der Waals surface area (Å²) in [6, 6.07) is 3.44. The van der Waals surface area contributed by atoms with Crippen molar-refractivity contribution < 1.29 is 18.4 Å². The third-order valence-electron chi connectivity index (χ3n) is 2.79. The van der Waals surface area contributed by atoms with Crippen LogP contribution in [0.2, 0.25) is 0 Å². The predicted molar refractivity (Wildman–Crippen MR) is 73.9 cm³/mol. The average Bonchev–Trinajstić information content (AvgIpc) is 2.26. The lowest BCUT2D eigenvalue weighted by atomic mass is 10.2. The summed E-state index contributed by atoms with van der Waals surface area (Å²) >= 11 is 0. The zero-order chi connectivity index (χ0) is 15.5. The molecule has 0 aromatic heterocycles. The van der Waals surface area contributed by atoms with Crippen LogP contribution >= 0.6 is 0 Å². The molecule has 1 rings (SSSR count). The first-order chi connectivity index (χ1) is 9.15. The second kappa shape index (κ2) is 6.29. The van der Waals surface area contributed by atoms with Crippen LogP contribution in [0.1, 0.15) is 25.8 Å². The molecule has 2 unspecified atom stereocenters. The van der Waals surface area contributed by atoms with E-state index in [0.717, 1.165) is 0 Å². The van der Waals surface area contributed by atoms with Gasteiger partial charge in [-0.05, 0) is 33.3 Å². The number of hydrogen-bond acceptors (Lipinski definition) is 5. The van der Waals surface area contributed by atoms with Crippen molar-refractivity contribution in [1.29, 1.82) is 0 Å². The quantitative estimate of drug-likeness (QED) is 0.608. The topological polar surface area (TPSA) is 110 Å². The van der Waals surface area contributed by atoms with E-state index in [1.54, 1.807) is 13.8 Å². The summed E-state index contributed by atoms with van der Waals surface area (Å²) in [5, 5.41) is 20.1. The van der Waals surface area contributed by atoms with E-state index in [4.69, 9.17) is 0 Å². The van der Waals surface area contributed by atoms with Gasteiger partial charge in [-0.1, -0.05) is 6.07 Å². The third kappa shape index (κ3) is 3.99. The molecule has 112 valence electrons. The summed E-state index contributed by atoms with van der Waals surface area (Å²) in [6.07, 6.45) is -0.383. The maximum atomic E-state index is 12.2. The van der Waals surface area contributed by atoms with E-state index in [-0.39, 0.29) is 22.6 Å². The molecule has 0 fully saturated rings. The molecule has 1 aromatic carbocycles. The number of nitrogens with one attached hydrogen (secondary N) is 1. The van der Waals surface area contributed by atoms with Crippen molar-refractivity contribution in [3.05, 3.63) is 33.9 Å². The highest BCUT2D eigenvalue weighted by atomic mass is 32.2. The Morgan fingerprint density at radius 2 is 2.00 bits per heavy atom. The van der Waals surface area contributed by atoms with E-state index < -0.39 is 27.1 Å². The maximum Gasteiger partial charge on any atom is 0.273 e. The van der Waals surface area contributed by atoms with Crippen molar-refractivity contribution in [1.82, 2.24) is 4.72 Å². The lowest BCUT2D eigenvalue weighted by Gasteiger charge is -2.16. The number of rotatable bonds is 6. The Morgan fingerprint density at radius 3 is 2.50 bits per heavy atom. The Balaban J connectivity index is 3.10. The Bertz CT molecular complexity index is 598. The zero-order valence-electron chi connectivity index (χ0n) is 11.5. The summed E-state index contributed by atoms with van der Waals surface area (Å²) in [4.78, 5) is 10.1. The van der Waals surface area contributed by atoms with Crippen LogP contribution < -0.4 is 4.72 Å². The molecule has 0 bridgehead atoms. The molecule has 0 aliphatic heterocycles. The molecule has 0 radical (unpaired) electrons. The number of nitrogens with zero attached hydrogens (tertiary/aromatic N) is 1. The minimum atomic E-state index is -3.86. The van der Waals surface area contributed by atoms with Crippen molar-refractivity contribution in [3.8, 4) is 0 Å². The summed E-state index contributed by atoms with van der Waals surface area (Å²) in [6.45, 7) is 4.58. The largest absolute Gasteiger partial charge is 0.393 e. The van der Waals surface area contributed by atoms with Crippen LogP contribution in [0, 0.1) is 17.0 Å². The van der Waals surface area contributed by atoms with Gasteiger partial charge in [0, 0.05) is 17.7 Å². The first-order valence-corrected chi connectivity index (χ1v) is 7.58. The van der Waals surface area contributed by atoms with Crippen molar-refractivity contribution in [2.24, 2.45) is 0 Å². The monoisotopic (exact) mass is 302 g/mol. The first kappa shape index (κ1) is 16.5. The molecule has 8 heteroatoms. The zero-order valence-corrected chi connectivity index (χ0v) is 12.3. The van der Waals surface area contributed by atoms with Gasteiger partial charge in [-0.3, -0.25) is 10.1 Å². The molecular formula is C12H18N2O5S. The Morgan fingerprint density at radius 1 is 1.40 bits per heavy atom. The number of aliphatic hydroxyl groups is 1. The summed E-state index contributed by atoms with van der Waals surface area (Å²) < 4.78 is 26.8. The fourth-order valence-corrected chi connectivity index (χ4v) is 3.50. The van der Waals surface area contributed by atoms with Gasteiger partial charge in [0.1, 0.15) is 0 Å². The van der Waals surface area contributed by atoms with Crippen LogP contribution in [-0.2, 0) is 10.0 Å². The standard InChI is InChI=1S/C12H18N2O5S/c1-8(7-9(2)15)13-20(18,19)12-6-4-5-11(10(12)3)14(16)17/h4-6,8-9,13,15H,7H2,1-3H3. The van der Waals surface area contributed by atoms with E-state index in [1.165, 1.54) is 25.1 Å². The molecule has 0 aliphatic rings. The van der Waals surface area contributed by atoms with E-state index in [1.807, 2.05) is 0 Å².